The molecule has 106 valence electrons. The minimum atomic E-state index is -1.89. The summed E-state index contributed by atoms with van der Waals surface area (Å²) in [5.74, 6) is 0. The highest BCUT2D eigenvalue weighted by atomic mass is 28.4. The molecule has 0 aromatic heterocycles. The largest absolute Gasteiger partial charge is 0.351 e. The Labute approximate surface area is 117 Å². The average molecular weight is 280 g/mol. The molecular formula is C15H26NO2Si+. The molecule has 3 nitrogen and oxygen atoms in total. The second-order valence-electron chi connectivity index (χ2n) is 6.09. The Balaban J connectivity index is 2.94. The van der Waals surface area contributed by atoms with Crippen molar-refractivity contribution in [3.05, 3.63) is 35.9 Å². The van der Waals surface area contributed by atoms with E-state index < -0.39 is 8.32 Å². The third kappa shape index (κ3) is 4.71. The van der Waals surface area contributed by atoms with Gasteiger partial charge in [-0.1, -0.05) is 39.0 Å². The first-order chi connectivity index (χ1) is 8.76. The van der Waals surface area contributed by atoms with E-state index in [1.807, 2.05) is 43.5 Å². The van der Waals surface area contributed by atoms with Gasteiger partial charge >= 0.3 is 8.32 Å². The summed E-state index contributed by atoms with van der Waals surface area (Å²) < 4.78 is 6.14. The van der Waals surface area contributed by atoms with Crippen molar-refractivity contribution in [2.45, 2.75) is 45.8 Å². The summed E-state index contributed by atoms with van der Waals surface area (Å²) in [4.78, 5) is 7.10. The predicted molar refractivity (Wildman–Crippen MR) is 81.8 cm³/mol. The molecule has 0 radical (unpaired) electrons. The molecule has 0 aliphatic carbocycles. The van der Waals surface area contributed by atoms with Crippen molar-refractivity contribution in [2.24, 2.45) is 0 Å². The van der Waals surface area contributed by atoms with E-state index in [0.29, 0.717) is 6.61 Å². The Morgan fingerprint density at radius 3 is 2.21 bits per heavy atom. The topological polar surface area (TPSA) is 21.5 Å². The monoisotopic (exact) mass is 280 g/mol. The summed E-state index contributed by atoms with van der Waals surface area (Å²) in [6, 6.07) is 10.1. The summed E-state index contributed by atoms with van der Waals surface area (Å²) in [7, 11) is -1.89. The first kappa shape index (κ1) is 15.8. The lowest BCUT2D eigenvalue weighted by Gasteiger charge is -2.30. The molecule has 0 bridgehead atoms. The molecule has 0 amide bonds. The van der Waals surface area contributed by atoms with E-state index in [4.69, 9.17) is 9.36 Å². The van der Waals surface area contributed by atoms with Gasteiger partial charge in [0.1, 0.15) is 0 Å². The van der Waals surface area contributed by atoms with Gasteiger partial charge < -0.3 is 4.53 Å². The molecule has 0 spiro atoms. The maximum Gasteiger partial charge on any atom is 0.351 e. The van der Waals surface area contributed by atoms with Crippen LogP contribution >= 0.6 is 0 Å². The van der Waals surface area contributed by atoms with Gasteiger partial charge in [-0.05, 0) is 37.2 Å². The molecular weight excluding hydrogens is 254 g/mol. The summed E-state index contributed by atoms with van der Waals surface area (Å²) in [6.07, 6.45) is 1.89. The number of rotatable bonds is 5. The maximum absolute atomic E-state index is 6.14. The first-order valence-corrected chi connectivity index (χ1v) is 9.68. The second kappa shape index (κ2) is 6.24. The van der Waals surface area contributed by atoms with Gasteiger partial charge in [0.15, 0.2) is 11.5 Å². The number of hydrogen-bond acceptors (Lipinski definition) is 2. The van der Waals surface area contributed by atoms with Crippen LogP contribution in [0.5, 0.6) is 0 Å². The Bertz CT molecular complexity index is 422. The van der Waals surface area contributed by atoms with E-state index in [0.717, 1.165) is 5.56 Å². The van der Waals surface area contributed by atoms with Crippen LogP contribution in [0.15, 0.2) is 30.3 Å². The average Bonchev–Trinajstić information content (AvgIpc) is 2.28. The molecule has 0 aliphatic rings. The van der Waals surface area contributed by atoms with Gasteiger partial charge in [-0.15, -0.1) is 0 Å². The quantitative estimate of drug-likeness (QED) is 0.462. The SMILES string of the molecule is CCO/[N+](=C\c1ccccc1)O[Si](C)(C)C(C)(C)C. The van der Waals surface area contributed by atoms with Crippen molar-refractivity contribution in [3.8, 4) is 0 Å². The van der Waals surface area contributed by atoms with Crippen molar-refractivity contribution >= 4 is 14.5 Å². The van der Waals surface area contributed by atoms with Crippen LogP contribution in [0, 0.1) is 0 Å². The summed E-state index contributed by atoms with van der Waals surface area (Å²) in [5, 5.41) is 0.146. The fourth-order valence-corrected chi connectivity index (χ4v) is 2.07. The van der Waals surface area contributed by atoms with Crippen LogP contribution < -0.4 is 0 Å². The molecule has 4 heteroatoms. The summed E-state index contributed by atoms with van der Waals surface area (Å²) in [6.45, 7) is 13.6. The lowest BCUT2D eigenvalue weighted by molar-refractivity contribution is -0.942. The number of benzene rings is 1. The Morgan fingerprint density at radius 1 is 1.16 bits per heavy atom. The van der Waals surface area contributed by atoms with Gasteiger partial charge in [0.25, 0.3) is 6.21 Å². The third-order valence-corrected chi connectivity index (χ3v) is 7.68. The van der Waals surface area contributed by atoms with Crippen LogP contribution in [0.1, 0.15) is 33.3 Å². The Kier molecular flexibility index (Phi) is 5.17. The standard InChI is InChI=1S/C15H26NO2Si/c1-7-17-16(13-14-11-9-8-10-12-14)18-19(5,6)15(2,3)4/h8-13H,7H2,1-6H3/q+1/b16-13+. The zero-order valence-corrected chi connectivity index (χ0v) is 13.9. The molecule has 1 aromatic rings. The highest BCUT2D eigenvalue weighted by Gasteiger charge is 2.45. The van der Waals surface area contributed by atoms with Crippen LogP contribution in [0.25, 0.3) is 0 Å². The smallest absolute Gasteiger partial charge is 0.305 e. The molecule has 0 atom stereocenters. The van der Waals surface area contributed by atoms with Gasteiger partial charge in [0, 0.05) is 5.56 Å². The lowest BCUT2D eigenvalue weighted by atomic mass is 10.2. The maximum atomic E-state index is 6.14. The Hall–Kier alpha value is -1.29. The van der Waals surface area contributed by atoms with E-state index in [9.17, 15) is 0 Å². The second-order valence-corrected chi connectivity index (χ2v) is 10.8. The summed E-state index contributed by atoms with van der Waals surface area (Å²) >= 11 is 0. The zero-order chi connectivity index (χ0) is 14.5. The molecule has 0 N–H and O–H groups in total. The first-order valence-electron chi connectivity index (χ1n) is 6.77. The minimum absolute atomic E-state index is 0.146. The van der Waals surface area contributed by atoms with E-state index in [-0.39, 0.29) is 5.04 Å². The normalized spacial score (nSPS) is 13.3. The molecule has 0 aliphatic heterocycles. The van der Waals surface area contributed by atoms with E-state index in [1.165, 1.54) is 4.90 Å². The number of nitrogens with zero attached hydrogens (tertiary/aromatic N) is 1. The molecule has 0 heterocycles. The van der Waals surface area contributed by atoms with Crippen molar-refractivity contribution in [1.82, 2.24) is 0 Å². The minimum Gasteiger partial charge on any atom is -0.305 e. The molecule has 1 rings (SSSR count). The van der Waals surface area contributed by atoms with Crippen molar-refractivity contribution in [1.29, 1.82) is 0 Å². The van der Waals surface area contributed by atoms with E-state index in [2.05, 4.69) is 33.9 Å². The molecule has 0 unspecified atom stereocenters. The van der Waals surface area contributed by atoms with Crippen LogP contribution in [0.3, 0.4) is 0 Å². The molecule has 0 saturated carbocycles. The fraction of sp³-hybridized carbons (Fsp3) is 0.533. The van der Waals surface area contributed by atoms with Gasteiger partial charge in [-0.2, -0.15) is 0 Å². The molecule has 0 saturated heterocycles. The van der Waals surface area contributed by atoms with Crippen LogP contribution in [0.2, 0.25) is 18.1 Å². The fourth-order valence-electron chi connectivity index (χ4n) is 1.24. The third-order valence-electron chi connectivity index (χ3n) is 3.43. The van der Waals surface area contributed by atoms with Crippen molar-refractivity contribution in [3.63, 3.8) is 0 Å². The zero-order valence-electron chi connectivity index (χ0n) is 12.9. The number of hydrogen-bond donors (Lipinski definition) is 0. The van der Waals surface area contributed by atoms with Crippen molar-refractivity contribution < 1.29 is 14.3 Å². The van der Waals surface area contributed by atoms with Crippen LogP contribution in [-0.2, 0) is 9.36 Å². The van der Waals surface area contributed by atoms with Gasteiger partial charge in [0.05, 0.1) is 0 Å². The Morgan fingerprint density at radius 2 is 1.74 bits per heavy atom. The van der Waals surface area contributed by atoms with E-state index in [1.54, 1.807) is 0 Å². The molecule has 0 fully saturated rings. The highest BCUT2D eigenvalue weighted by molar-refractivity contribution is 6.73. The van der Waals surface area contributed by atoms with Gasteiger partial charge in [-0.25, -0.2) is 4.84 Å². The van der Waals surface area contributed by atoms with Gasteiger partial charge in [0.2, 0.25) is 0 Å². The van der Waals surface area contributed by atoms with E-state index >= 15 is 0 Å². The molecule has 19 heavy (non-hydrogen) atoms. The van der Waals surface area contributed by atoms with Crippen LogP contribution in [-0.4, -0.2) is 26.0 Å². The lowest BCUT2D eigenvalue weighted by Crippen LogP contribution is -2.44. The molecule has 1 aromatic carbocycles. The van der Waals surface area contributed by atoms with Gasteiger partial charge in [-0.3, -0.25) is 0 Å². The predicted octanol–water partition coefficient (Wildman–Crippen LogP) is 4.01. The van der Waals surface area contributed by atoms with Crippen LogP contribution in [0.4, 0.5) is 0 Å². The van der Waals surface area contributed by atoms with Crippen molar-refractivity contribution in [2.75, 3.05) is 6.61 Å². The summed E-state index contributed by atoms with van der Waals surface area (Å²) in [5.41, 5.74) is 1.06. The highest BCUT2D eigenvalue weighted by Crippen LogP contribution is 2.36.